The standard InChI is InChI=1S/C21H25NO5/c1-13-8-17-16(10-19(23)27-18(17)9-14(13)2)12-26-20(24)11-22-21(25)15-6-4-3-5-7-15/h8-10,15H,3-7,11-12H2,1-2H3,(H,22,25). The molecule has 1 aromatic carbocycles. The number of carbonyl (C=O) groups excluding carboxylic acids is 2. The predicted molar refractivity (Wildman–Crippen MR) is 101 cm³/mol. The first-order valence-electron chi connectivity index (χ1n) is 9.41. The van der Waals surface area contributed by atoms with Crippen LogP contribution in [0.3, 0.4) is 0 Å². The number of aryl methyl sites for hydroxylation is 2. The molecular formula is C21H25NO5. The van der Waals surface area contributed by atoms with Gasteiger partial charge in [0.2, 0.25) is 5.91 Å². The average molecular weight is 371 g/mol. The summed E-state index contributed by atoms with van der Waals surface area (Å²) in [6, 6.07) is 5.06. The van der Waals surface area contributed by atoms with E-state index in [0.29, 0.717) is 11.1 Å². The lowest BCUT2D eigenvalue weighted by molar-refractivity contribution is -0.145. The Balaban J connectivity index is 1.61. The molecule has 2 aromatic rings. The van der Waals surface area contributed by atoms with Gasteiger partial charge < -0.3 is 14.5 Å². The second-order valence-electron chi connectivity index (χ2n) is 7.24. The van der Waals surface area contributed by atoms with E-state index in [1.807, 2.05) is 26.0 Å². The summed E-state index contributed by atoms with van der Waals surface area (Å²) >= 11 is 0. The van der Waals surface area contributed by atoms with Crippen LogP contribution >= 0.6 is 0 Å². The Bertz CT molecular complexity index is 909. The number of hydrogen-bond acceptors (Lipinski definition) is 5. The summed E-state index contributed by atoms with van der Waals surface area (Å²) in [4.78, 5) is 35.9. The van der Waals surface area contributed by atoms with Crippen molar-refractivity contribution in [3.8, 4) is 0 Å². The van der Waals surface area contributed by atoms with Gasteiger partial charge in [-0.2, -0.15) is 0 Å². The lowest BCUT2D eigenvalue weighted by Gasteiger charge is -2.20. The second kappa shape index (κ2) is 8.37. The van der Waals surface area contributed by atoms with E-state index >= 15 is 0 Å². The number of amides is 1. The van der Waals surface area contributed by atoms with Gasteiger partial charge in [0, 0.05) is 22.9 Å². The zero-order chi connectivity index (χ0) is 19.4. The second-order valence-corrected chi connectivity index (χ2v) is 7.24. The van der Waals surface area contributed by atoms with Gasteiger partial charge in [-0.25, -0.2) is 4.79 Å². The number of ether oxygens (including phenoxy) is 1. The topological polar surface area (TPSA) is 85.6 Å². The minimum absolute atomic E-state index is 0.000430. The van der Waals surface area contributed by atoms with Gasteiger partial charge in [-0.1, -0.05) is 19.3 Å². The monoisotopic (exact) mass is 371 g/mol. The van der Waals surface area contributed by atoms with Gasteiger partial charge in [-0.15, -0.1) is 0 Å². The maximum Gasteiger partial charge on any atom is 0.336 e. The molecule has 6 heteroatoms. The Morgan fingerprint density at radius 1 is 1.11 bits per heavy atom. The molecule has 1 aromatic heterocycles. The molecule has 1 aliphatic carbocycles. The van der Waals surface area contributed by atoms with Gasteiger partial charge in [0.25, 0.3) is 0 Å². The molecule has 6 nitrogen and oxygen atoms in total. The first kappa shape index (κ1) is 19.1. The molecule has 1 heterocycles. The third-order valence-electron chi connectivity index (χ3n) is 5.22. The highest BCUT2D eigenvalue weighted by molar-refractivity contribution is 5.84. The predicted octanol–water partition coefficient (Wildman–Crippen LogP) is 3.15. The molecule has 0 spiro atoms. The third-order valence-corrected chi connectivity index (χ3v) is 5.22. The first-order chi connectivity index (χ1) is 12.9. The van der Waals surface area contributed by atoms with Crippen LogP contribution in [0, 0.1) is 19.8 Å². The fourth-order valence-electron chi connectivity index (χ4n) is 3.48. The summed E-state index contributed by atoms with van der Waals surface area (Å²) in [6.07, 6.45) is 5.05. The van der Waals surface area contributed by atoms with Gasteiger partial charge in [-0.3, -0.25) is 9.59 Å². The van der Waals surface area contributed by atoms with E-state index in [9.17, 15) is 14.4 Å². The molecule has 0 aliphatic heterocycles. The zero-order valence-electron chi connectivity index (χ0n) is 15.8. The Kier molecular flexibility index (Phi) is 5.94. The molecule has 0 bridgehead atoms. The van der Waals surface area contributed by atoms with Crippen LogP contribution in [0.2, 0.25) is 0 Å². The van der Waals surface area contributed by atoms with Crippen molar-refractivity contribution in [3.05, 3.63) is 45.3 Å². The van der Waals surface area contributed by atoms with Crippen molar-refractivity contribution in [2.45, 2.75) is 52.6 Å². The van der Waals surface area contributed by atoms with Crippen LogP contribution in [0.15, 0.2) is 27.4 Å². The van der Waals surface area contributed by atoms with Crippen LogP contribution < -0.4 is 10.9 Å². The zero-order valence-corrected chi connectivity index (χ0v) is 15.8. The van der Waals surface area contributed by atoms with Crippen LogP contribution in [0.1, 0.15) is 48.8 Å². The van der Waals surface area contributed by atoms with Crippen LogP contribution in [-0.2, 0) is 20.9 Å². The summed E-state index contributed by atoms with van der Waals surface area (Å²) in [7, 11) is 0. The Morgan fingerprint density at radius 3 is 2.56 bits per heavy atom. The van der Waals surface area contributed by atoms with Crippen molar-refractivity contribution in [1.82, 2.24) is 5.32 Å². The minimum atomic E-state index is -0.524. The highest BCUT2D eigenvalue weighted by Crippen LogP contribution is 2.24. The van der Waals surface area contributed by atoms with Crippen molar-refractivity contribution in [2.24, 2.45) is 5.92 Å². The molecule has 1 saturated carbocycles. The van der Waals surface area contributed by atoms with E-state index in [2.05, 4.69) is 5.32 Å². The number of nitrogens with one attached hydrogen (secondary N) is 1. The fourth-order valence-corrected chi connectivity index (χ4v) is 3.48. The first-order valence-corrected chi connectivity index (χ1v) is 9.41. The van der Waals surface area contributed by atoms with Gasteiger partial charge in [0.15, 0.2) is 0 Å². The molecule has 27 heavy (non-hydrogen) atoms. The maximum atomic E-state index is 12.1. The van der Waals surface area contributed by atoms with Crippen molar-refractivity contribution < 1.29 is 18.7 Å². The molecule has 1 amide bonds. The van der Waals surface area contributed by atoms with Crippen LogP contribution in [-0.4, -0.2) is 18.4 Å². The Hall–Kier alpha value is -2.63. The van der Waals surface area contributed by atoms with Crippen molar-refractivity contribution in [3.63, 3.8) is 0 Å². The summed E-state index contributed by atoms with van der Waals surface area (Å²) in [6.45, 7) is 3.71. The van der Waals surface area contributed by atoms with Crippen molar-refractivity contribution in [2.75, 3.05) is 6.54 Å². The number of benzene rings is 1. The quantitative estimate of drug-likeness (QED) is 0.645. The van der Waals surface area contributed by atoms with Crippen LogP contribution in [0.5, 0.6) is 0 Å². The lowest BCUT2D eigenvalue weighted by atomic mass is 9.89. The van der Waals surface area contributed by atoms with Gasteiger partial charge in [-0.05, 0) is 49.9 Å². The number of carbonyl (C=O) groups is 2. The number of fused-ring (bicyclic) bond motifs is 1. The molecule has 1 fully saturated rings. The molecule has 0 atom stereocenters. The molecule has 0 unspecified atom stereocenters. The summed E-state index contributed by atoms with van der Waals surface area (Å²) in [5, 5.41) is 3.41. The Morgan fingerprint density at radius 2 is 1.81 bits per heavy atom. The highest BCUT2D eigenvalue weighted by Gasteiger charge is 2.21. The summed E-state index contributed by atoms with van der Waals surface area (Å²) in [5.74, 6) is -0.603. The van der Waals surface area contributed by atoms with Gasteiger partial charge >= 0.3 is 11.6 Å². The van der Waals surface area contributed by atoms with Crippen LogP contribution in [0.25, 0.3) is 11.0 Å². The van der Waals surface area contributed by atoms with Gasteiger partial charge in [0.05, 0.1) is 0 Å². The van der Waals surface area contributed by atoms with Crippen LogP contribution in [0.4, 0.5) is 0 Å². The van der Waals surface area contributed by atoms with Crippen molar-refractivity contribution >= 4 is 22.8 Å². The summed E-state index contributed by atoms with van der Waals surface area (Å²) < 4.78 is 10.5. The lowest BCUT2D eigenvalue weighted by Crippen LogP contribution is -2.36. The highest BCUT2D eigenvalue weighted by atomic mass is 16.5. The van der Waals surface area contributed by atoms with E-state index < -0.39 is 11.6 Å². The molecule has 144 valence electrons. The minimum Gasteiger partial charge on any atom is -0.459 e. The fraction of sp³-hybridized carbons (Fsp3) is 0.476. The van der Waals surface area contributed by atoms with E-state index in [-0.39, 0.29) is 25.0 Å². The summed E-state index contributed by atoms with van der Waals surface area (Å²) in [5.41, 5.74) is 2.66. The molecular weight excluding hydrogens is 346 g/mol. The van der Waals surface area contributed by atoms with E-state index in [1.165, 1.54) is 12.5 Å². The van der Waals surface area contributed by atoms with E-state index in [0.717, 1.165) is 42.2 Å². The maximum absolute atomic E-state index is 12.1. The number of rotatable bonds is 5. The number of hydrogen-bond donors (Lipinski definition) is 1. The molecule has 1 aliphatic rings. The number of esters is 1. The molecule has 1 N–H and O–H groups in total. The smallest absolute Gasteiger partial charge is 0.336 e. The molecule has 0 radical (unpaired) electrons. The van der Waals surface area contributed by atoms with E-state index in [4.69, 9.17) is 9.15 Å². The SMILES string of the molecule is Cc1cc2oc(=O)cc(COC(=O)CNC(=O)C3CCCCC3)c2cc1C. The van der Waals surface area contributed by atoms with E-state index in [1.54, 1.807) is 0 Å². The molecule has 3 rings (SSSR count). The third kappa shape index (κ3) is 4.76. The normalized spacial score (nSPS) is 14.9. The molecule has 0 saturated heterocycles. The van der Waals surface area contributed by atoms with Gasteiger partial charge in [0.1, 0.15) is 18.7 Å². The Labute approximate surface area is 157 Å². The largest absolute Gasteiger partial charge is 0.459 e. The average Bonchev–Trinajstić information content (AvgIpc) is 2.66. The van der Waals surface area contributed by atoms with Crippen molar-refractivity contribution in [1.29, 1.82) is 0 Å².